The first-order valence-corrected chi connectivity index (χ1v) is 6.60. The molecule has 0 fully saturated rings. The van der Waals surface area contributed by atoms with Crippen LogP contribution in [-0.2, 0) is 0 Å². The van der Waals surface area contributed by atoms with Gasteiger partial charge in [-0.2, -0.15) is 5.10 Å². The third kappa shape index (κ3) is 1.67. The van der Waals surface area contributed by atoms with E-state index in [1.165, 1.54) is 0 Å². The molecule has 1 aliphatic rings. The Morgan fingerprint density at radius 1 is 1.05 bits per heavy atom. The molecule has 3 heterocycles. The van der Waals surface area contributed by atoms with E-state index in [0.29, 0.717) is 0 Å². The number of nitrogens with zero attached hydrogens (tertiary/aromatic N) is 4. The molecular weight excluding hydrogens is 250 g/mol. The summed E-state index contributed by atoms with van der Waals surface area (Å²) in [4.78, 5) is 8.84. The molecule has 1 N–H and O–H groups in total. The van der Waals surface area contributed by atoms with Crippen molar-refractivity contribution in [2.75, 3.05) is 13.1 Å². The Morgan fingerprint density at radius 2 is 1.95 bits per heavy atom. The van der Waals surface area contributed by atoms with Gasteiger partial charge in [0, 0.05) is 12.1 Å². The molecule has 3 aromatic rings. The number of aliphatic imine (C=N–C) groups is 1. The van der Waals surface area contributed by atoms with Crippen LogP contribution in [0.2, 0.25) is 0 Å². The van der Waals surface area contributed by atoms with Gasteiger partial charge in [0.05, 0.1) is 17.8 Å². The Morgan fingerprint density at radius 3 is 2.75 bits per heavy atom. The topological polar surface area (TPSA) is 54.6 Å². The zero-order chi connectivity index (χ0) is 13.4. The maximum absolute atomic E-state index is 4.46. The van der Waals surface area contributed by atoms with Crippen LogP contribution in [0.25, 0.3) is 16.9 Å². The van der Waals surface area contributed by atoms with E-state index in [0.717, 1.165) is 41.4 Å². The summed E-state index contributed by atoms with van der Waals surface area (Å²) >= 11 is 0. The van der Waals surface area contributed by atoms with Gasteiger partial charge in [-0.05, 0) is 12.1 Å². The summed E-state index contributed by atoms with van der Waals surface area (Å²) in [6.45, 7) is 1.70. The summed E-state index contributed by atoms with van der Waals surface area (Å²) in [6.07, 6.45) is 1.58. The molecule has 0 aliphatic carbocycles. The highest BCUT2D eigenvalue weighted by Crippen LogP contribution is 2.22. The normalized spacial score (nSPS) is 14.3. The largest absolute Gasteiger partial charge is 0.368 e. The number of aromatic nitrogens is 3. The van der Waals surface area contributed by atoms with E-state index in [1.54, 1.807) is 6.33 Å². The van der Waals surface area contributed by atoms with Crippen LogP contribution in [0, 0.1) is 0 Å². The lowest BCUT2D eigenvalue weighted by Gasteiger charge is -2.08. The van der Waals surface area contributed by atoms with Crippen molar-refractivity contribution >= 4 is 11.5 Å². The van der Waals surface area contributed by atoms with Crippen LogP contribution in [0.5, 0.6) is 0 Å². The summed E-state index contributed by atoms with van der Waals surface area (Å²) in [5.74, 6) is 0.905. The molecule has 98 valence electrons. The van der Waals surface area contributed by atoms with Gasteiger partial charge in [0.25, 0.3) is 0 Å². The van der Waals surface area contributed by atoms with E-state index in [9.17, 15) is 0 Å². The Bertz CT molecular complexity index is 788. The third-order valence-corrected chi connectivity index (χ3v) is 3.42. The number of nitrogens with one attached hydrogen (secondary N) is 1. The summed E-state index contributed by atoms with van der Waals surface area (Å²) in [5.41, 5.74) is 3.98. The van der Waals surface area contributed by atoms with Gasteiger partial charge in [0.1, 0.15) is 12.2 Å². The monoisotopic (exact) mass is 263 g/mol. The summed E-state index contributed by atoms with van der Waals surface area (Å²) in [6, 6.07) is 14.3. The lowest BCUT2D eigenvalue weighted by Crippen LogP contribution is -2.20. The van der Waals surface area contributed by atoms with Crippen LogP contribution in [0.15, 0.2) is 53.8 Å². The number of amidine groups is 1. The molecule has 2 aromatic heterocycles. The molecule has 0 unspecified atom stereocenters. The molecule has 20 heavy (non-hydrogen) atoms. The van der Waals surface area contributed by atoms with E-state index in [4.69, 9.17) is 0 Å². The first-order valence-electron chi connectivity index (χ1n) is 6.60. The molecule has 0 amide bonds. The van der Waals surface area contributed by atoms with Crippen LogP contribution in [0.4, 0.5) is 0 Å². The molecule has 0 saturated carbocycles. The first kappa shape index (κ1) is 11.2. The molecule has 0 radical (unpaired) electrons. The number of rotatable bonds is 2. The number of hydrogen-bond acceptors (Lipinski definition) is 4. The van der Waals surface area contributed by atoms with Gasteiger partial charge in [0.15, 0.2) is 5.65 Å². The van der Waals surface area contributed by atoms with Crippen molar-refractivity contribution in [1.29, 1.82) is 0 Å². The van der Waals surface area contributed by atoms with Crippen molar-refractivity contribution in [2.45, 2.75) is 0 Å². The maximum atomic E-state index is 4.46. The first-order chi connectivity index (χ1) is 9.93. The fourth-order valence-corrected chi connectivity index (χ4v) is 2.50. The number of pyridine rings is 1. The van der Waals surface area contributed by atoms with Crippen LogP contribution in [0.1, 0.15) is 5.56 Å². The predicted octanol–water partition coefficient (Wildman–Crippen LogP) is 1.75. The lowest BCUT2D eigenvalue weighted by atomic mass is 10.1. The van der Waals surface area contributed by atoms with Crippen molar-refractivity contribution in [3.05, 3.63) is 54.4 Å². The molecule has 4 rings (SSSR count). The van der Waals surface area contributed by atoms with E-state index in [1.807, 2.05) is 22.7 Å². The average molecular weight is 263 g/mol. The number of hydrogen-bond donors (Lipinski definition) is 1. The fourth-order valence-electron chi connectivity index (χ4n) is 2.50. The van der Waals surface area contributed by atoms with Gasteiger partial charge in [0.2, 0.25) is 0 Å². The SMILES string of the molecule is c1ccc(-c2ccc(C3=NCCN3)c3ncnn23)cc1. The van der Waals surface area contributed by atoms with Gasteiger partial charge in [-0.3, -0.25) is 4.99 Å². The van der Waals surface area contributed by atoms with Crippen molar-refractivity contribution < 1.29 is 0 Å². The van der Waals surface area contributed by atoms with Crippen molar-refractivity contribution in [3.63, 3.8) is 0 Å². The predicted molar refractivity (Wildman–Crippen MR) is 77.8 cm³/mol. The minimum Gasteiger partial charge on any atom is -0.368 e. The zero-order valence-corrected chi connectivity index (χ0v) is 10.8. The van der Waals surface area contributed by atoms with E-state index in [2.05, 4.69) is 44.7 Å². The minimum atomic E-state index is 0.816. The molecule has 1 aromatic carbocycles. The Labute approximate surface area is 116 Å². The number of benzene rings is 1. The summed E-state index contributed by atoms with van der Waals surface area (Å²) < 4.78 is 1.87. The molecule has 1 aliphatic heterocycles. The second-order valence-electron chi connectivity index (χ2n) is 4.65. The van der Waals surface area contributed by atoms with Crippen molar-refractivity contribution in [3.8, 4) is 11.3 Å². The van der Waals surface area contributed by atoms with E-state index in [-0.39, 0.29) is 0 Å². The molecule has 0 saturated heterocycles. The van der Waals surface area contributed by atoms with E-state index >= 15 is 0 Å². The lowest BCUT2D eigenvalue weighted by molar-refractivity contribution is 0.955. The van der Waals surface area contributed by atoms with E-state index < -0.39 is 0 Å². The zero-order valence-electron chi connectivity index (χ0n) is 10.8. The smallest absolute Gasteiger partial charge is 0.166 e. The van der Waals surface area contributed by atoms with Crippen LogP contribution in [0.3, 0.4) is 0 Å². The van der Waals surface area contributed by atoms with Crippen molar-refractivity contribution in [1.82, 2.24) is 19.9 Å². The van der Waals surface area contributed by atoms with Crippen LogP contribution >= 0.6 is 0 Å². The molecule has 0 bridgehead atoms. The molecule has 0 atom stereocenters. The third-order valence-electron chi connectivity index (χ3n) is 3.42. The van der Waals surface area contributed by atoms with Crippen LogP contribution < -0.4 is 5.32 Å². The van der Waals surface area contributed by atoms with Gasteiger partial charge in [-0.15, -0.1) is 0 Å². The Balaban J connectivity index is 1.94. The summed E-state index contributed by atoms with van der Waals surface area (Å²) in [7, 11) is 0. The Kier molecular flexibility index (Phi) is 2.48. The Hall–Kier alpha value is -2.69. The highest BCUT2D eigenvalue weighted by molar-refractivity contribution is 6.04. The summed E-state index contributed by atoms with van der Waals surface area (Å²) in [5, 5.41) is 7.63. The number of fused-ring (bicyclic) bond motifs is 1. The molecule has 5 heteroatoms. The second kappa shape index (κ2) is 4.45. The fraction of sp³-hybridized carbons (Fsp3) is 0.133. The second-order valence-corrected chi connectivity index (χ2v) is 4.65. The van der Waals surface area contributed by atoms with Gasteiger partial charge < -0.3 is 5.32 Å². The van der Waals surface area contributed by atoms with Crippen molar-refractivity contribution in [2.24, 2.45) is 4.99 Å². The minimum absolute atomic E-state index is 0.816. The van der Waals surface area contributed by atoms with Gasteiger partial charge >= 0.3 is 0 Å². The average Bonchev–Trinajstić information content (AvgIpc) is 3.18. The molecule has 5 nitrogen and oxygen atoms in total. The quantitative estimate of drug-likeness (QED) is 0.766. The van der Waals surface area contributed by atoms with Gasteiger partial charge in [-0.1, -0.05) is 30.3 Å². The highest BCUT2D eigenvalue weighted by Gasteiger charge is 2.15. The van der Waals surface area contributed by atoms with Crippen LogP contribution in [-0.4, -0.2) is 33.5 Å². The van der Waals surface area contributed by atoms with Gasteiger partial charge in [-0.25, -0.2) is 9.50 Å². The molecule has 0 spiro atoms. The standard InChI is InChI=1S/C15H13N5/c1-2-4-11(5-3-1)13-7-6-12(14-16-8-9-17-14)15-18-10-19-20(13)15/h1-7,10H,8-9H2,(H,16,17). The molecular formula is C15H13N5. The highest BCUT2D eigenvalue weighted by atomic mass is 15.3. The maximum Gasteiger partial charge on any atom is 0.166 e.